The highest BCUT2D eigenvalue weighted by molar-refractivity contribution is 6.01. The van der Waals surface area contributed by atoms with Crippen LogP contribution in [0.1, 0.15) is 12.8 Å². The van der Waals surface area contributed by atoms with Crippen LogP contribution < -0.4 is 0 Å². The van der Waals surface area contributed by atoms with E-state index in [1.54, 1.807) is 0 Å². The standard InChI is InChI=1S/C11H10O2/c1-2-11(13)6-5-9(12)7-10(11)8-3-4-8/h1,5-8,13H,3-4H2. The number of carbonyl (C=O) groups excluding carboxylic acids is 1. The molecule has 0 aromatic heterocycles. The van der Waals surface area contributed by atoms with Gasteiger partial charge in [0.25, 0.3) is 0 Å². The molecule has 0 spiro atoms. The molecular formula is C11H10O2. The van der Waals surface area contributed by atoms with Crippen molar-refractivity contribution in [2.45, 2.75) is 18.4 Å². The average Bonchev–Trinajstić information content (AvgIpc) is 2.93. The van der Waals surface area contributed by atoms with E-state index in [1.165, 1.54) is 18.2 Å². The van der Waals surface area contributed by atoms with Gasteiger partial charge in [0, 0.05) is 0 Å². The molecule has 0 aliphatic heterocycles. The summed E-state index contributed by atoms with van der Waals surface area (Å²) in [7, 11) is 0. The van der Waals surface area contributed by atoms with Gasteiger partial charge in [0.05, 0.1) is 0 Å². The molecule has 2 heteroatoms. The van der Waals surface area contributed by atoms with Gasteiger partial charge in [0.2, 0.25) is 0 Å². The summed E-state index contributed by atoms with van der Waals surface area (Å²) in [6.45, 7) is 0. The lowest BCUT2D eigenvalue weighted by atomic mass is 9.86. The summed E-state index contributed by atoms with van der Waals surface area (Å²) in [6, 6.07) is 0. The highest BCUT2D eigenvalue weighted by Crippen LogP contribution is 2.43. The molecule has 0 saturated heterocycles. The Labute approximate surface area is 77.0 Å². The maximum Gasteiger partial charge on any atom is 0.178 e. The van der Waals surface area contributed by atoms with Crippen LogP contribution in [0.15, 0.2) is 23.8 Å². The lowest BCUT2D eigenvalue weighted by molar-refractivity contribution is -0.110. The van der Waals surface area contributed by atoms with Gasteiger partial charge in [-0.25, -0.2) is 0 Å². The number of hydrogen-bond acceptors (Lipinski definition) is 2. The topological polar surface area (TPSA) is 37.3 Å². The number of ketones is 1. The van der Waals surface area contributed by atoms with Crippen molar-refractivity contribution in [1.82, 2.24) is 0 Å². The van der Waals surface area contributed by atoms with Crippen LogP contribution in [-0.2, 0) is 4.79 Å². The molecule has 0 radical (unpaired) electrons. The predicted molar refractivity (Wildman–Crippen MR) is 48.7 cm³/mol. The molecule has 0 bridgehead atoms. The molecule has 1 fully saturated rings. The second-order valence-electron chi connectivity index (χ2n) is 3.52. The molecule has 2 aliphatic carbocycles. The van der Waals surface area contributed by atoms with Gasteiger partial charge >= 0.3 is 0 Å². The van der Waals surface area contributed by atoms with Gasteiger partial charge in [-0.1, -0.05) is 5.92 Å². The first kappa shape index (κ1) is 8.28. The van der Waals surface area contributed by atoms with E-state index in [2.05, 4.69) is 5.92 Å². The highest BCUT2D eigenvalue weighted by Gasteiger charge is 2.39. The van der Waals surface area contributed by atoms with Crippen molar-refractivity contribution in [1.29, 1.82) is 0 Å². The zero-order chi connectivity index (χ0) is 9.47. The molecule has 1 N–H and O–H groups in total. The molecule has 0 heterocycles. The third-order valence-corrected chi connectivity index (χ3v) is 2.46. The lowest BCUT2D eigenvalue weighted by Gasteiger charge is -2.24. The fourth-order valence-electron chi connectivity index (χ4n) is 1.57. The van der Waals surface area contributed by atoms with Gasteiger partial charge in [-0.05, 0) is 42.6 Å². The first-order chi connectivity index (χ1) is 6.15. The summed E-state index contributed by atoms with van der Waals surface area (Å²) in [4.78, 5) is 11.1. The Kier molecular flexibility index (Phi) is 1.64. The number of carbonyl (C=O) groups is 1. The first-order valence-corrected chi connectivity index (χ1v) is 4.31. The Morgan fingerprint density at radius 1 is 1.62 bits per heavy atom. The summed E-state index contributed by atoms with van der Waals surface area (Å²) in [5.41, 5.74) is -0.614. The molecule has 1 atom stereocenters. The van der Waals surface area contributed by atoms with Crippen molar-refractivity contribution in [3.63, 3.8) is 0 Å². The van der Waals surface area contributed by atoms with Crippen LogP contribution in [0.2, 0.25) is 0 Å². The molecule has 1 unspecified atom stereocenters. The molecule has 13 heavy (non-hydrogen) atoms. The summed E-state index contributed by atoms with van der Waals surface area (Å²) >= 11 is 0. The van der Waals surface area contributed by atoms with Crippen LogP contribution in [0.4, 0.5) is 0 Å². The summed E-state index contributed by atoms with van der Waals surface area (Å²) in [6.07, 6.45) is 11.5. The van der Waals surface area contributed by atoms with Crippen molar-refractivity contribution < 1.29 is 9.90 Å². The van der Waals surface area contributed by atoms with Crippen molar-refractivity contribution in [3.8, 4) is 12.3 Å². The fourth-order valence-corrected chi connectivity index (χ4v) is 1.57. The van der Waals surface area contributed by atoms with Crippen LogP contribution in [0.25, 0.3) is 0 Å². The molecule has 0 amide bonds. The smallest absolute Gasteiger partial charge is 0.178 e. The normalized spacial score (nSPS) is 32.6. The Morgan fingerprint density at radius 3 is 2.85 bits per heavy atom. The highest BCUT2D eigenvalue weighted by atomic mass is 16.3. The number of hydrogen-bond donors (Lipinski definition) is 1. The second-order valence-corrected chi connectivity index (χ2v) is 3.52. The molecule has 0 aromatic carbocycles. The number of terminal acetylenes is 1. The van der Waals surface area contributed by atoms with E-state index >= 15 is 0 Å². The van der Waals surface area contributed by atoms with E-state index in [9.17, 15) is 9.90 Å². The van der Waals surface area contributed by atoms with Crippen molar-refractivity contribution in [2.75, 3.05) is 0 Å². The third kappa shape index (κ3) is 1.32. The summed E-state index contributed by atoms with van der Waals surface area (Å²) < 4.78 is 0. The third-order valence-electron chi connectivity index (χ3n) is 2.46. The first-order valence-electron chi connectivity index (χ1n) is 4.31. The van der Waals surface area contributed by atoms with Gasteiger partial charge in [0.15, 0.2) is 11.4 Å². The average molecular weight is 174 g/mol. The van der Waals surface area contributed by atoms with Gasteiger partial charge < -0.3 is 5.11 Å². The summed E-state index contributed by atoms with van der Waals surface area (Å²) in [5, 5.41) is 9.92. The van der Waals surface area contributed by atoms with E-state index in [4.69, 9.17) is 6.42 Å². The van der Waals surface area contributed by atoms with Crippen LogP contribution >= 0.6 is 0 Å². The minimum atomic E-state index is -1.31. The predicted octanol–water partition coefficient (Wildman–Crippen LogP) is 0.826. The van der Waals surface area contributed by atoms with Crippen molar-refractivity contribution >= 4 is 5.78 Å². The Morgan fingerprint density at radius 2 is 2.31 bits per heavy atom. The molecule has 2 aliphatic rings. The Bertz CT molecular complexity index is 353. The number of aliphatic hydroxyl groups is 1. The number of rotatable bonds is 1. The minimum Gasteiger partial charge on any atom is -0.370 e. The SMILES string of the molecule is C#CC1(O)C=CC(=O)C=C1C1CC1. The van der Waals surface area contributed by atoms with Crippen LogP contribution in [0, 0.1) is 18.3 Å². The van der Waals surface area contributed by atoms with E-state index in [1.807, 2.05) is 0 Å². The van der Waals surface area contributed by atoms with E-state index in [-0.39, 0.29) is 5.78 Å². The van der Waals surface area contributed by atoms with Crippen LogP contribution in [0.3, 0.4) is 0 Å². The largest absolute Gasteiger partial charge is 0.370 e. The Balaban J connectivity index is 2.39. The van der Waals surface area contributed by atoms with Crippen molar-refractivity contribution in [2.24, 2.45) is 5.92 Å². The van der Waals surface area contributed by atoms with Gasteiger partial charge in [-0.15, -0.1) is 6.42 Å². The molecule has 66 valence electrons. The quantitative estimate of drug-likeness (QED) is 0.598. The second kappa shape index (κ2) is 2.58. The van der Waals surface area contributed by atoms with Gasteiger partial charge in [-0.3, -0.25) is 4.79 Å². The zero-order valence-corrected chi connectivity index (χ0v) is 7.16. The van der Waals surface area contributed by atoms with E-state index < -0.39 is 5.60 Å². The molecule has 2 nitrogen and oxygen atoms in total. The monoisotopic (exact) mass is 174 g/mol. The van der Waals surface area contributed by atoms with Crippen molar-refractivity contribution in [3.05, 3.63) is 23.8 Å². The van der Waals surface area contributed by atoms with E-state index in [0.717, 1.165) is 12.8 Å². The minimum absolute atomic E-state index is 0.0816. The van der Waals surface area contributed by atoms with Crippen LogP contribution in [0.5, 0.6) is 0 Å². The molecule has 1 saturated carbocycles. The maximum atomic E-state index is 11.1. The maximum absolute atomic E-state index is 11.1. The van der Waals surface area contributed by atoms with Crippen LogP contribution in [-0.4, -0.2) is 16.5 Å². The van der Waals surface area contributed by atoms with Gasteiger partial charge in [0.1, 0.15) is 0 Å². The molecular weight excluding hydrogens is 164 g/mol. The molecule has 0 aromatic rings. The molecule has 2 rings (SSSR count). The van der Waals surface area contributed by atoms with Gasteiger partial charge in [-0.2, -0.15) is 0 Å². The van der Waals surface area contributed by atoms with E-state index in [0.29, 0.717) is 11.5 Å². The fraction of sp³-hybridized carbons (Fsp3) is 0.364. The zero-order valence-electron chi connectivity index (χ0n) is 7.16. The Hall–Kier alpha value is -1.33. The number of allylic oxidation sites excluding steroid dienone is 2. The lowest BCUT2D eigenvalue weighted by Crippen LogP contribution is -2.30. The summed E-state index contributed by atoms with van der Waals surface area (Å²) in [5.74, 6) is 2.55.